The van der Waals surface area contributed by atoms with Gasteiger partial charge in [0.25, 0.3) is 0 Å². The number of nitrogens with zero attached hydrogens (tertiary/aromatic N) is 1. The van der Waals surface area contributed by atoms with Crippen molar-refractivity contribution in [2.75, 3.05) is 0 Å². The first-order chi connectivity index (χ1) is 9.40. The molecule has 0 aliphatic rings. The number of hydrogen-bond acceptors (Lipinski definition) is 3. The van der Waals surface area contributed by atoms with Crippen LogP contribution in [0.3, 0.4) is 0 Å². The summed E-state index contributed by atoms with van der Waals surface area (Å²) in [6.07, 6.45) is 0. The summed E-state index contributed by atoms with van der Waals surface area (Å²) in [6.45, 7) is 6.96. The number of pyridine rings is 1. The topological polar surface area (TPSA) is 39.2 Å². The minimum atomic E-state index is -0.579. The van der Waals surface area contributed by atoms with Gasteiger partial charge in [0.05, 0.1) is 11.3 Å². The summed E-state index contributed by atoms with van der Waals surface area (Å²) in [6, 6.07) is 6.18. The van der Waals surface area contributed by atoms with Gasteiger partial charge in [-0.05, 0) is 51.5 Å². The third-order valence-electron chi connectivity index (χ3n) is 3.16. The quantitative estimate of drug-likeness (QED) is 0.789. The van der Waals surface area contributed by atoms with E-state index in [0.29, 0.717) is 11.4 Å². The Hall–Kier alpha value is -2.23. The molecule has 2 aromatic rings. The molecule has 1 heterocycles. The Morgan fingerprint density at radius 2 is 1.85 bits per heavy atom. The lowest BCUT2D eigenvalue weighted by molar-refractivity contribution is 0.101. The Kier molecular flexibility index (Phi) is 3.84. The first kappa shape index (κ1) is 14.2. The zero-order valence-corrected chi connectivity index (χ0v) is 12.0. The van der Waals surface area contributed by atoms with E-state index in [1.165, 1.54) is 19.1 Å². The lowest BCUT2D eigenvalue weighted by Gasteiger charge is -2.13. The maximum atomic E-state index is 13.7. The second kappa shape index (κ2) is 5.41. The number of hydrogen-bond donors (Lipinski definition) is 0. The van der Waals surface area contributed by atoms with Gasteiger partial charge in [-0.2, -0.15) is 0 Å². The molecule has 0 bridgehead atoms. The number of aryl methyl sites for hydroxylation is 3. The van der Waals surface area contributed by atoms with Crippen LogP contribution in [0.15, 0.2) is 24.3 Å². The van der Waals surface area contributed by atoms with Crippen LogP contribution in [-0.4, -0.2) is 10.8 Å². The predicted molar refractivity (Wildman–Crippen MR) is 74.9 cm³/mol. The molecular weight excluding hydrogens is 257 g/mol. The van der Waals surface area contributed by atoms with E-state index in [4.69, 9.17) is 4.74 Å². The van der Waals surface area contributed by atoms with Crippen LogP contribution < -0.4 is 4.74 Å². The van der Waals surface area contributed by atoms with Gasteiger partial charge < -0.3 is 4.74 Å². The van der Waals surface area contributed by atoms with E-state index < -0.39 is 5.82 Å². The lowest BCUT2D eigenvalue weighted by Crippen LogP contribution is -2.02. The zero-order valence-electron chi connectivity index (χ0n) is 12.0. The smallest absolute Gasteiger partial charge is 0.166 e. The van der Waals surface area contributed by atoms with Crippen molar-refractivity contribution in [2.24, 2.45) is 0 Å². The first-order valence-electron chi connectivity index (χ1n) is 6.32. The molecule has 0 unspecified atom stereocenters. The number of Topliss-reactive ketones (excluding diaryl/α,β-unsaturated/α-hetero) is 1. The number of ether oxygens (including phenoxy) is 1. The van der Waals surface area contributed by atoms with Gasteiger partial charge in [-0.15, -0.1) is 0 Å². The molecule has 0 fully saturated rings. The Bertz CT molecular complexity index is 680. The average Bonchev–Trinajstić information content (AvgIpc) is 2.35. The van der Waals surface area contributed by atoms with Gasteiger partial charge in [-0.25, -0.2) is 4.39 Å². The monoisotopic (exact) mass is 273 g/mol. The van der Waals surface area contributed by atoms with E-state index in [-0.39, 0.29) is 17.1 Å². The normalized spacial score (nSPS) is 10.4. The van der Waals surface area contributed by atoms with Crippen molar-refractivity contribution in [1.29, 1.82) is 0 Å². The molecule has 0 aliphatic heterocycles. The highest BCUT2D eigenvalue weighted by Crippen LogP contribution is 2.30. The summed E-state index contributed by atoms with van der Waals surface area (Å²) in [5, 5.41) is 0. The number of aromatic nitrogens is 1. The molecule has 0 radical (unpaired) electrons. The second-order valence-electron chi connectivity index (χ2n) is 4.75. The molecule has 0 amide bonds. The fourth-order valence-corrected chi connectivity index (χ4v) is 1.95. The molecule has 0 N–H and O–H groups in total. The fraction of sp³-hybridized carbons (Fsp3) is 0.250. The first-order valence-corrected chi connectivity index (χ1v) is 6.32. The Labute approximate surface area is 117 Å². The fourth-order valence-electron chi connectivity index (χ4n) is 1.95. The highest BCUT2D eigenvalue weighted by atomic mass is 19.1. The molecule has 4 heteroatoms. The summed E-state index contributed by atoms with van der Waals surface area (Å²) >= 11 is 0. The Balaban J connectivity index is 2.48. The molecule has 2 rings (SSSR count). The average molecular weight is 273 g/mol. The highest BCUT2D eigenvalue weighted by molar-refractivity contribution is 5.97. The van der Waals surface area contributed by atoms with E-state index in [2.05, 4.69) is 4.98 Å². The predicted octanol–water partition coefficient (Wildman–Crippen LogP) is 4.14. The summed E-state index contributed by atoms with van der Waals surface area (Å²) < 4.78 is 19.4. The molecular formula is C16H16FNO2. The van der Waals surface area contributed by atoms with Crippen molar-refractivity contribution in [3.05, 3.63) is 52.6 Å². The van der Waals surface area contributed by atoms with Crippen LogP contribution in [-0.2, 0) is 0 Å². The van der Waals surface area contributed by atoms with E-state index in [0.717, 1.165) is 11.3 Å². The Morgan fingerprint density at radius 3 is 2.50 bits per heavy atom. The standard InChI is InChI=1S/C16H16FNO2/c1-9-8-15(11(3)18-10(9)2)20-14-7-5-6-13(17)16(14)12(4)19/h5-8H,1-4H3. The number of ketones is 1. The van der Waals surface area contributed by atoms with Crippen molar-refractivity contribution >= 4 is 5.78 Å². The maximum Gasteiger partial charge on any atom is 0.166 e. The van der Waals surface area contributed by atoms with Crippen molar-refractivity contribution in [1.82, 2.24) is 4.98 Å². The van der Waals surface area contributed by atoms with Crippen LogP contribution in [0.25, 0.3) is 0 Å². The van der Waals surface area contributed by atoms with Crippen molar-refractivity contribution in [3.63, 3.8) is 0 Å². The minimum absolute atomic E-state index is 0.0369. The maximum absolute atomic E-state index is 13.7. The molecule has 0 saturated carbocycles. The van der Waals surface area contributed by atoms with Crippen molar-refractivity contribution < 1.29 is 13.9 Å². The van der Waals surface area contributed by atoms with Gasteiger partial charge in [0.2, 0.25) is 0 Å². The number of halogens is 1. The van der Waals surface area contributed by atoms with Gasteiger partial charge in [-0.3, -0.25) is 9.78 Å². The number of rotatable bonds is 3. The third kappa shape index (κ3) is 2.69. The summed E-state index contributed by atoms with van der Waals surface area (Å²) in [5.74, 6) is -0.205. The molecule has 0 atom stereocenters. The minimum Gasteiger partial charge on any atom is -0.455 e. The lowest BCUT2D eigenvalue weighted by atomic mass is 10.1. The molecule has 0 spiro atoms. The van der Waals surface area contributed by atoms with Gasteiger partial charge in [0.1, 0.15) is 17.3 Å². The van der Waals surface area contributed by atoms with Gasteiger partial charge in [0, 0.05) is 5.69 Å². The van der Waals surface area contributed by atoms with Crippen molar-refractivity contribution in [3.8, 4) is 11.5 Å². The Morgan fingerprint density at radius 1 is 1.15 bits per heavy atom. The van der Waals surface area contributed by atoms with Crippen LogP contribution >= 0.6 is 0 Å². The van der Waals surface area contributed by atoms with E-state index >= 15 is 0 Å². The summed E-state index contributed by atoms with van der Waals surface area (Å²) in [7, 11) is 0. The SMILES string of the molecule is CC(=O)c1c(F)cccc1Oc1cc(C)c(C)nc1C. The van der Waals surface area contributed by atoms with E-state index in [1.54, 1.807) is 6.07 Å². The second-order valence-corrected chi connectivity index (χ2v) is 4.75. The van der Waals surface area contributed by atoms with E-state index in [1.807, 2.05) is 26.8 Å². The number of benzene rings is 1. The molecule has 3 nitrogen and oxygen atoms in total. The number of carbonyl (C=O) groups is 1. The number of carbonyl (C=O) groups excluding carboxylic acids is 1. The largest absolute Gasteiger partial charge is 0.455 e. The van der Waals surface area contributed by atoms with Gasteiger partial charge in [-0.1, -0.05) is 6.07 Å². The molecule has 1 aromatic carbocycles. The van der Waals surface area contributed by atoms with Crippen molar-refractivity contribution in [2.45, 2.75) is 27.7 Å². The van der Waals surface area contributed by atoms with Crippen LogP contribution in [0.4, 0.5) is 4.39 Å². The summed E-state index contributed by atoms with van der Waals surface area (Å²) in [5.41, 5.74) is 2.56. The van der Waals surface area contributed by atoms with Crippen LogP contribution in [0.5, 0.6) is 11.5 Å². The zero-order chi connectivity index (χ0) is 14.9. The highest BCUT2D eigenvalue weighted by Gasteiger charge is 2.16. The molecule has 1 aromatic heterocycles. The van der Waals surface area contributed by atoms with Crippen LogP contribution in [0.2, 0.25) is 0 Å². The molecule has 20 heavy (non-hydrogen) atoms. The van der Waals surface area contributed by atoms with E-state index in [9.17, 15) is 9.18 Å². The summed E-state index contributed by atoms with van der Waals surface area (Å²) in [4.78, 5) is 15.9. The molecule has 0 aliphatic carbocycles. The molecule has 104 valence electrons. The van der Waals surface area contributed by atoms with Crippen LogP contribution in [0.1, 0.15) is 34.2 Å². The van der Waals surface area contributed by atoms with Gasteiger partial charge in [0.15, 0.2) is 5.78 Å². The third-order valence-corrected chi connectivity index (χ3v) is 3.16. The molecule has 0 saturated heterocycles. The van der Waals surface area contributed by atoms with Crippen LogP contribution in [0, 0.1) is 26.6 Å². The van der Waals surface area contributed by atoms with Gasteiger partial charge >= 0.3 is 0 Å².